The molecule has 3 rings (SSSR count). The standard InChI is InChI=1S/C16H29N/c1-17-16-5-3-2-4-12(11-16)9-15-10-13-6-7-14(15)8-13/h12-17H,2-11H2,1H3. The lowest BCUT2D eigenvalue weighted by atomic mass is 9.79. The lowest BCUT2D eigenvalue weighted by molar-refractivity contribution is 0.246. The Bertz CT molecular complexity index is 250. The average molecular weight is 235 g/mol. The fourth-order valence-electron chi connectivity index (χ4n) is 5.03. The van der Waals surface area contributed by atoms with Crippen LogP contribution < -0.4 is 5.32 Å². The molecular weight excluding hydrogens is 206 g/mol. The first-order chi connectivity index (χ1) is 8.35. The molecule has 0 heterocycles. The SMILES string of the molecule is CNC1CCCCC(CC2CC3CCC2C3)C1. The molecule has 3 saturated carbocycles. The van der Waals surface area contributed by atoms with Crippen LogP contribution in [0.2, 0.25) is 0 Å². The van der Waals surface area contributed by atoms with Crippen LogP contribution >= 0.6 is 0 Å². The molecule has 98 valence electrons. The predicted molar refractivity (Wildman–Crippen MR) is 73.0 cm³/mol. The van der Waals surface area contributed by atoms with E-state index in [9.17, 15) is 0 Å². The average Bonchev–Trinajstić information content (AvgIpc) is 2.87. The van der Waals surface area contributed by atoms with Crippen LogP contribution in [0.15, 0.2) is 0 Å². The van der Waals surface area contributed by atoms with Crippen molar-refractivity contribution in [1.29, 1.82) is 0 Å². The first kappa shape index (κ1) is 12.0. The quantitative estimate of drug-likeness (QED) is 0.730. The summed E-state index contributed by atoms with van der Waals surface area (Å²) in [5.74, 6) is 4.43. The van der Waals surface area contributed by atoms with Crippen molar-refractivity contribution in [1.82, 2.24) is 5.32 Å². The molecule has 0 aromatic heterocycles. The molecule has 0 amide bonds. The van der Waals surface area contributed by atoms with Gasteiger partial charge >= 0.3 is 0 Å². The first-order valence-corrected chi connectivity index (χ1v) is 8.02. The summed E-state index contributed by atoms with van der Waals surface area (Å²) in [6.07, 6.45) is 15.2. The van der Waals surface area contributed by atoms with Gasteiger partial charge in [0.05, 0.1) is 0 Å². The lowest BCUT2D eigenvalue weighted by Crippen LogP contribution is -2.27. The molecule has 3 aliphatic carbocycles. The largest absolute Gasteiger partial charge is 0.317 e. The summed E-state index contributed by atoms with van der Waals surface area (Å²) < 4.78 is 0. The fourth-order valence-corrected chi connectivity index (χ4v) is 5.03. The van der Waals surface area contributed by atoms with Crippen LogP contribution in [0.3, 0.4) is 0 Å². The molecule has 2 bridgehead atoms. The van der Waals surface area contributed by atoms with Crippen molar-refractivity contribution in [2.45, 2.75) is 70.3 Å². The van der Waals surface area contributed by atoms with Gasteiger partial charge in [0.1, 0.15) is 0 Å². The van der Waals surface area contributed by atoms with Crippen LogP contribution in [0.25, 0.3) is 0 Å². The summed E-state index contributed by atoms with van der Waals surface area (Å²) in [6.45, 7) is 0. The van der Waals surface area contributed by atoms with Crippen LogP contribution in [0.1, 0.15) is 64.2 Å². The molecule has 0 aliphatic heterocycles. The summed E-state index contributed by atoms with van der Waals surface area (Å²) in [5.41, 5.74) is 0. The zero-order valence-electron chi connectivity index (χ0n) is 11.5. The second kappa shape index (κ2) is 5.30. The van der Waals surface area contributed by atoms with E-state index in [1.54, 1.807) is 32.1 Å². The molecule has 0 radical (unpaired) electrons. The summed E-state index contributed by atoms with van der Waals surface area (Å²) in [5, 5.41) is 3.53. The Morgan fingerprint density at radius 3 is 2.53 bits per heavy atom. The zero-order valence-corrected chi connectivity index (χ0v) is 11.5. The molecule has 1 heteroatoms. The van der Waals surface area contributed by atoms with E-state index >= 15 is 0 Å². The highest BCUT2D eigenvalue weighted by atomic mass is 14.9. The van der Waals surface area contributed by atoms with Crippen molar-refractivity contribution in [3.63, 3.8) is 0 Å². The molecule has 3 fully saturated rings. The van der Waals surface area contributed by atoms with Gasteiger partial charge < -0.3 is 5.32 Å². The summed E-state index contributed by atoms with van der Waals surface area (Å²) in [4.78, 5) is 0. The summed E-state index contributed by atoms with van der Waals surface area (Å²) in [7, 11) is 2.16. The van der Waals surface area contributed by atoms with Gasteiger partial charge in [-0.25, -0.2) is 0 Å². The normalized spacial score (nSPS) is 46.1. The molecule has 0 saturated heterocycles. The van der Waals surface area contributed by atoms with Gasteiger partial charge in [-0.05, 0) is 69.2 Å². The van der Waals surface area contributed by atoms with Crippen molar-refractivity contribution >= 4 is 0 Å². The molecule has 0 aromatic rings. The second-order valence-corrected chi connectivity index (χ2v) is 7.04. The van der Waals surface area contributed by atoms with E-state index in [-0.39, 0.29) is 0 Å². The molecule has 5 atom stereocenters. The van der Waals surface area contributed by atoms with E-state index in [0.717, 1.165) is 29.7 Å². The van der Waals surface area contributed by atoms with Gasteiger partial charge in [-0.1, -0.05) is 25.7 Å². The minimum Gasteiger partial charge on any atom is -0.317 e. The van der Waals surface area contributed by atoms with Crippen molar-refractivity contribution in [3.05, 3.63) is 0 Å². The van der Waals surface area contributed by atoms with Gasteiger partial charge in [-0.2, -0.15) is 0 Å². The Morgan fingerprint density at radius 2 is 1.82 bits per heavy atom. The van der Waals surface area contributed by atoms with Crippen molar-refractivity contribution in [2.75, 3.05) is 7.05 Å². The molecular formula is C16H29N. The van der Waals surface area contributed by atoms with Crippen molar-refractivity contribution in [3.8, 4) is 0 Å². The van der Waals surface area contributed by atoms with Gasteiger partial charge in [-0.15, -0.1) is 0 Å². The number of rotatable bonds is 3. The maximum Gasteiger partial charge on any atom is 0.00667 e. The second-order valence-electron chi connectivity index (χ2n) is 7.04. The number of hydrogen-bond acceptors (Lipinski definition) is 1. The molecule has 5 unspecified atom stereocenters. The van der Waals surface area contributed by atoms with Crippen molar-refractivity contribution in [2.24, 2.45) is 23.7 Å². The topological polar surface area (TPSA) is 12.0 Å². The van der Waals surface area contributed by atoms with Crippen LogP contribution in [-0.2, 0) is 0 Å². The minimum absolute atomic E-state index is 0.820. The predicted octanol–water partition coefficient (Wildman–Crippen LogP) is 3.98. The van der Waals surface area contributed by atoms with Gasteiger partial charge in [0.25, 0.3) is 0 Å². The van der Waals surface area contributed by atoms with Gasteiger partial charge in [0.15, 0.2) is 0 Å². The highest BCUT2D eigenvalue weighted by Crippen LogP contribution is 2.51. The van der Waals surface area contributed by atoms with E-state index in [4.69, 9.17) is 0 Å². The maximum atomic E-state index is 3.53. The van der Waals surface area contributed by atoms with Crippen LogP contribution in [-0.4, -0.2) is 13.1 Å². The molecule has 0 aromatic carbocycles. The lowest BCUT2D eigenvalue weighted by Gasteiger charge is -2.27. The van der Waals surface area contributed by atoms with Crippen LogP contribution in [0.5, 0.6) is 0 Å². The van der Waals surface area contributed by atoms with E-state index < -0.39 is 0 Å². The first-order valence-electron chi connectivity index (χ1n) is 8.02. The van der Waals surface area contributed by atoms with Gasteiger partial charge in [-0.3, -0.25) is 0 Å². The minimum atomic E-state index is 0.820. The number of fused-ring (bicyclic) bond motifs is 2. The third-order valence-corrected chi connectivity index (χ3v) is 5.96. The van der Waals surface area contributed by atoms with E-state index in [1.807, 2.05) is 0 Å². The Labute approximate surface area is 107 Å². The Morgan fingerprint density at radius 1 is 0.941 bits per heavy atom. The molecule has 1 nitrogen and oxygen atoms in total. The Hall–Kier alpha value is -0.0400. The highest BCUT2D eigenvalue weighted by molar-refractivity contribution is 4.91. The van der Waals surface area contributed by atoms with E-state index in [0.29, 0.717) is 0 Å². The highest BCUT2D eigenvalue weighted by Gasteiger charge is 2.40. The Kier molecular flexibility index (Phi) is 3.75. The molecule has 3 aliphatic rings. The molecule has 17 heavy (non-hydrogen) atoms. The molecule has 1 N–H and O–H groups in total. The maximum absolute atomic E-state index is 3.53. The van der Waals surface area contributed by atoms with Gasteiger partial charge in [0.2, 0.25) is 0 Å². The Balaban J connectivity index is 1.53. The van der Waals surface area contributed by atoms with Gasteiger partial charge in [0, 0.05) is 6.04 Å². The van der Waals surface area contributed by atoms with E-state index in [1.165, 1.54) is 32.1 Å². The molecule has 0 spiro atoms. The number of nitrogens with one attached hydrogen (secondary N) is 1. The van der Waals surface area contributed by atoms with E-state index in [2.05, 4.69) is 12.4 Å². The van der Waals surface area contributed by atoms with Crippen LogP contribution in [0.4, 0.5) is 0 Å². The van der Waals surface area contributed by atoms with Crippen LogP contribution in [0, 0.1) is 23.7 Å². The summed E-state index contributed by atoms with van der Waals surface area (Å²) >= 11 is 0. The third kappa shape index (κ3) is 2.70. The van der Waals surface area contributed by atoms with Crippen molar-refractivity contribution < 1.29 is 0 Å². The number of hydrogen-bond donors (Lipinski definition) is 1. The third-order valence-electron chi connectivity index (χ3n) is 5.96. The fraction of sp³-hybridized carbons (Fsp3) is 1.00. The smallest absolute Gasteiger partial charge is 0.00667 e. The summed E-state index contributed by atoms with van der Waals surface area (Å²) in [6, 6.07) is 0.820. The zero-order chi connectivity index (χ0) is 11.7. The monoisotopic (exact) mass is 235 g/mol.